The summed E-state index contributed by atoms with van der Waals surface area (Å²) in [7, 11) is 0. The van der Waals surface area contributed by atoms with Crippen molar-refractivity contribution >= 4 is 28.5 Å². The molecule has 0 atom stereocenters. The first-order valence-electron chi connectivity index (χ1n) is 6.38. The van der Waals surface area contributed by atoms with Gasteiger partial charge in [-0.3, -0.25) is 19.7 Å². The molecule has 1 aliphatic rings. The van der Waals surface area contributed by atoms with E-state index in [1.807, 2.05) is 24.3 Å². The highest BCUT2D eigenvalue weighted by Gasteiger charge is 2.28. The van der Waals surface area contributed by atoms with E-state index >= 15 is 0 Å². The molecule has 1 fully saturated rings. The molecule has 21 heavy (non-hydrogen) atoms. The topological polar surface area (TPSA) is 86.7 Å². The Bertz CT molecular complexity index is 753. The Balaban J connectivity index is 1.99. The number of aromatic hydroxyl groups is 1. The minimum absolute atomic E-state index is 0.0798. The Labute approximate surface area is 120 Å². The Kier molecular flexibility index (Phi) is 3.06. The zero-order valence-corrected chi connectivity index (χ0v) is 11.0. The summed E-state index contributed by atoms with van der Waals surface area (Å²) in [6, 6.07) is 10.3. The SMILES string of the molecule is O=C1CN(C(=O)c2cc3ccccc3cc2O)CC(=O)N1. The van der Waals surface area contributed by atoms with Crippen molar-refractivity contribution in [2.24, 2.45) is 0 Å². The van der Waals surface area contributed by atoms with Crippen LogP contribution in [0.4, 0.5) is 0 Å². The molecule has 3 amide bonds. The van der Waals surface area contributed by atoms with Crippen LogP contribution < -0.4 is 5.32 Å². The van der Waals surface area contributed by atoms with Gasteiger partial charge in [0.05, 0.1) is 5.56 Å². The quantitative estimate of drug-likeness (QED) is 0.753. The number of piperazine rings is 1. The lowest BCUT2D eigenvalue weighted by Crippen LogP contribution is -2.53. The second kappa shape index (κ2) is 4.90. The van der Waals surface area contributed by atoms with Crippen LogP contribution >= 0.6 is 0 Å². The van der Waals surface area contributed by atoms with Gasteiger partial charge in [0.15, 0.2) is 0 Å². The van der Waals surface area contributed by atoms with Gasteiger partial charge in [-0.2, -0.15) is 0 Å². The Morgan fingerprint density at radius 2 is 1.62 bits per heavy atom. The highest BCUT2D eigenvalue weighted by molar-refractivity contribution is 6.07. The number of hydrogen-bond donors (Lipinski definition) is 2. The Morgan fingerprint density at radius 3 is 2.24 bits per heavy atom. The summed E-state index contributed by atoms with van der Waals surface area (Å²) < 4.78 is 0. The first kappa shape index (κ1) is 13.1. The zero-order chi connectivity index (χ0) is 15.0. The standard InChI is InChI=1S/C15H12N2O4/c18-12-6-10-4-2-1-3-9(10)5-11(12)15(21)17-7-13(19)16-14(20)8-17/h1-6,18H,7-8H2,(H,16,19,20). The average molecular weight is 284 g/mol. The zero-order valence-electron chi connectivity index (χ0n) is 11.0. The summed E-state index contributed by atoms with van der Waals surface area (Å²) in [4.78, 5) is 36.2. The number of phenolic OH excluding ortho intramolecular Hbond substituents is 1. The molecule has 106 valence electrons. The van der Waals surface area contributed by atoms with E-state index < -0.39 is 17.7 Å². The first-order valence-corrected chi connectivity index (χ1v) is 6.38. The number of imide groups is 1. The molecule has 0 saturated carbocycles. The molecule has 6 heteroatoms. The van der Waals surface area contributed by atoms with Crippen molar-refractivity contribution < 1.29 is 19.5 Å². The minimum atomic E-state index is -0.540. The van der Waals surface area contributed by atoms with E-state index in [0.29, 0.717) is 0 Å². The van der Waals surface area contributed by atoms with Crippen molar-refractivity contribution in [2.75, 3.05) is 13.1 Å². The fraction of sp³-hybridized carbons (Fsp3) is 0.133. The molecule has 0 unspecified atom stereocenters. The number of amides is 3. The summed E-state index contributed by atoms with van der Waals surface area (Å²) in [5.41, 5.74) is 0.0798. The lowest BCUT2D eigenvalue weighted by Gasteiger charge is -2.25. The van der Waals surface area contributed by atoms with Crippen LogP contribution in [0.2, 0.25) is 0 Å². The molecular formula is C15H12N2O4. The van der Waals surface area contributed by atoms with Crippen LogP contribution in [0.5, 0.6) is 5.75 Å². The van der Waals surface area contributed by atoms with Gasteiger partial charge in [0.2, 0.25) is 11.8 Å². The van der Waals surface area contributed by atoms with Crippen LogP contribution in [0.15, 0.2) is 36.4 Å². The number of fused-ring (bicyclic) bond motifs is 1. The van der Waals surface area contributed by atoms with Gasteiger partial charge in [0.1, 0.15) is 18.8 Å². The number of hydrogen-bond acceptors (Lipinski definition) is 4. The fourth-order valence-electron chi connectivity index (χ4n) is 2.35. The summed E-state index contributed by atoms with van der Waals surface area (Å²) in [6.07, 6.45) is 0. The van der Waals surface area contributed by atoms with Crippen LogP contribution in [0.25, 0.3) is 10.8 Å². The van der Waals surface area contributed by atoms with Crippen molar-refractivity contribution in [3.8, 4) is 5.75 Å². The molecule has 0 aliphatic carbocycles. The molecular weight excluding hydrogens is 272 g/mol. The van der Waals surface area contributed by atoms with Gasteiger partial charge >= 0.3 is 0 Å². The normalized spacial score (nSPS) is 15.1. The molecule has 0 bridgehead atoms. The molecule has 0 aromatic heterocycles. The maximum absolute atomic E-state index is 12.4. The second-order valence-corrected chi connectivity index (χ2v) is 4.85. The molecule has 3 rings (SSSR count). The van der Waals surface area contributed by atoms with Crippen LogP contribution in [-0.4, -0.2) is 40.8 Å². The lowest BCUT2D eigenvalue weighted by atomic mass is 10.0. The number of carbonyl (C=O) groups excluding carboxylic acids is 3. The smallest absolute Gasteiger partial charge is 0.258 e. The number of nitrogens with zero attached hydrogens (tertiary/aromatic N) is 1. The van der Waals surface area contributed by atoms with Gasteiger partial charge in [-0.05, 0) is 22.9 Å². The molecule has 1 saturated heterocycles. The predicted octanol–water partition coefficient (Wildman–Crippen LogP) is 0.644. The molecule has 6 nitrogen and oxygen atoms in total. The first-order chi connectivity index (χ1) is 10.0. The van der Waals surface area contributed by atoms with Crippen LogP contribution in [0, 0.1) is 0 Å². The van der Waals surface area contributed by atoms with Crippen molar-refractivity contribution in [2.45, 2.75) is 0 Å². The highest BCUT2D eigenvalue weighted by Crippen LogP contribution is 2.26. The van der Waals surface area contributed by atoms with E-state index in [9.17, 15) is 19.5 Å². The predicted molar refractivity (Wildman–Crippen MR) is 74.7 cm³/mol. The van der Waals surface area contributed by atoms with Crippen molar-refractivity contribution in [1.29, 1.82) is 0 Å². The van der Waals surface area contributed by atoms with Gasteiger partial charge < -0.3 is 10.0 Å². The van der Waals surface area contributed by atoms with Crippen molar-refractivity contribution in [3.63, 3.8) is 0 Å². The van der Waals surface area contributed by atoms with E-state index in [4.69, 9.17) is 0 Å². The molecule has 2 aromatic carbocycles. The minimum Gasteiger partial charge on any atom is -0.507 e. The molecule has 2 aromatic rings. The van der Waals surface area contributed by atoms with Gasteiger partial charge in [-0.25, -0.2) is 0 Å². The lowest BCUT2D eigenvalue weighted by molar-refractivity contribution is -0.135. The average Bonchev–Trinajstić information content (AvgIpc) is 2.44. The molecule has 1 heterocycles. The monoisotopic (exact) mass is 284 g/mol. The van der Waals surface area contributed by atoms with Crippen LogP contribution in [-0.2, 0) is 9.59 Å². The number of nitrogens with one attached hydrogen (secondary N) is 1. The summed E-state index contributed by atoms with van der Waals surface area (Å²) in [6.45, 7) is -0.395. The van der Waals surface area contributed by atoms with Gasteiger partial charge in [-0.1, -0.05) is 24.3 Å². The third-order valence-electron chi connectivity index (χ3n) is 3.33. The molecule has 0 spiro atoms. The maximum atomic E-state index is 12.4. The van der Waals surface area contributed by atoms with Crippen molar-refractivity contribution in [3.05, 3.63) is 42.0 Å². The number of rotatable bonds is 1. The van der Waals surface area contributed by atoms with E-state index in [2.05, 4.69) is 5.32 Å². The third-order valence-corrected chi connectivity index (χ3v) is 3.33. The van der Waals surface area contributed by atoms with E-state index in [1.54, 1.807) is 6.07 Å². The molecule has 1 aliphatic heterocycles. The maximum Gasteiger partial charge on any atom is 0.258 e. The third kappa shape index (κ3) is 2.43. The number of phenols is 1. The van der Waals surface area contributed by atoms with Crippen LogP contribution in [0.3, 0.4) is 0 Å². The van der Waals surface area contributed by atoms with E-state index in [-0.39, 0.29) is 24.4 Å². The molecule has 0 radical (unpaired) electrons. The largest absolute Gasteiger partial charge is 0.507 e. The van der Waals surface area contributed by atoms with Gasteiger partial charge in [-0.15, -0.1) is 0 Å². The van der Waals surface area contributed by atoms with E-state index in [0.717, 1.165) is 15.7 Å². The second-order valence-electron chi connectivity index (χ2n) is 4.85. The van der Waals surface area contributed by atoms with Crippen molar-refractivity contribution in [1.82, 2.24) is 10.2 Å². The number of carbonyl (C=O) groups is 3. The summed E-state index contributed by atoms with van der Waals surface area (Å²) in [5.74, 6) is -1.77. The Morgan fingerprint density at radius 1 is 1.05 bits per heavy atom. The number of benzene rings is 2. The van der Waals surface area contributed by atoms with Gasteiger partial charge in [0.25, 0.3) is 5.91 Å². The summed E-state index contributed by atoms with van der Waals surface area (Å²) in [5, 5.41) is 13.7. The summed E-state index contributed by atoms with van der Waals surface area (Å²) >= 11 is 0. The van der Waals surface area contributed by atoms with Crippen LogP contribution in [0.1, 0.15) is 10.4 Å². The molecule has 2 N–H and O–H groups in total. The highest BCUT2D eigenvalue weighted by atomic mass is 16.3. The Hall–Kier alpha value is -2.89. The van der Waals surface area contributed by atoms with E-state index in [1.165, 1.54) is 6.07 Å². The fourth-order valence-corrected chi connectivity index (χ4v) is 2.35. The van der Waals surface area contributed by atoms with Gasteiger partial charge in [0, 0.05) is 0 Å².